The first-order chi connectivity index (χ1) is 14.2. The molecule has 1 amide bonds. The average molecular weight is 445 g/mol. The lowest BCUT2D eigenvalue weighted by atomic mass is 9.85. The van der Waals surface area contributed by atoms with Crippen LogP contribution >= 0.6 is 15.9 Å². The van der Waals surface area contributed by atoms with E-state index >= 15 is 0 Å². The zero-order chi connectivity index (χ0) is 20.1. The molecule has 0 aromatic heterocycles. The molecule has 1 aliphatic rings. The number of nitrogens with zero attached hydrogens (tertiary/aromatic N) is 1. The molecular weight excluding hydrogens is 424 g/mol. The van der Waals surface area contributed by atoms with Gasteiger partial charge in [0.15, 0.2) is 0 Å². The highest BCUT2D eigenvalue weighted by atomic mass is 79.9. The van der Waals surface area contributed by atoms with Crippen molar-refractivity contribution in [1.29, 1.82) is 0 Å². The quantitative estimate of drug-likeness (QED) is 0.394. The Bertz CT molecular complexity index is 991. The topological polar surface area (TPSA) is 41.5 Å². The van der Waals surface area contributed by atoms with Gasteiger partial charge in [0.25, 0.3) is 0 Å². The molecule has 0 unspecified atom stereocenters. The number of carbonyl (C=O) groups excluding carboxylic acids is 1. The number of hydrogen-bond acceptors (Lipinski definition) is 2. The molecule has 3 aromatic rings. The number of halogens is 1. The van der Waals surface area contributed by atoms with Crippen molar-refractivity contribution in [3.63, 3.8) is 0 Å². The number of hydrazone groups is 1. The Labute approximate surface area is 179 Å². The van der Waals surface area contributed by atoms with Crippen LogP contribution in [-0.2, 0) is 10.2 Å². The largest absolute Gasteiger partial charge is 0.273 e. The van der Waals surface area contributed by atoms with Gasteiger partial charge >= 0.3 is 0 Å². The number of amides is 1. The molecule has 1 saturated carbocycles. The SMILES string of the molecule is O=C(NN=C/C(Br)=C\c1ccccc1)[C@H]1CC1(c1ccccc1)c1ccccc1. The fraction of sp³-hybridized carbons (Fsp3) is 0.120. The van der Waals surface area contributed by atoms with Crippen LogP contribution in [0.5, 0.6) is 0 Å². The van der Waals surface area contributed by atoms with Crippen LogP contribution in [0.15, 0.2) is 101 Å². The van der Waals surface area contributed by atoms with Crippen LogP contribution in [-0.4, -0.2) is 12.1 Å². The van der Waals surface area contributed by atoms with E-state index in [0.29, 0.717) is 0 Å². The van der Waals surface area contributed by atoms with Crippen molar-refractivity contribution in [2.24, 2.45) is 11.0 Å². The molecule has 3 nitrogen and oxygen atoms in total. The standard InChI is InChI=1S/C25H21BrN2O/c26-22(16-19-10-4-1-5-11-19)18-27-28-24(29)23-17-25(23,20-12-6-2-7-13-20)21-14-8-3-9-15-21/h1-16,18,23H,17H2,(H,28,29)/b22-16+,27-18?/t23-/m1/s1. The third-order valence-electron chi connectivity index (χ3n) is 5.32. The highest BCUT2D eigenvalue weighted by molar-refractivity contribution is 9.12. The van der Waals surface area contributed by atoms with Gasteiger partial charge < -0.3 is 0 Å². The summed E-state index contributed by atoms with van der Waals surface area (Å²) in [5.74, 6) is -0.199. The Balaban J connectivity index is 1.48. The van der Waals surface area contributed by atoms with Crippen LogP contribution in [0.4, 0.5) is 0 Å². The number of rotatable bonds is 6. The summed E-state index contributed by atoms with van der Waals surface area (Å²) in [6.07, 6.45) is 4.34. The maximum Gasteiger partial charge on any atom is 0.244 e. The van der Waals surface area contributed by atoms with E-state index in [9.17, 15) is 4.79 Å². The molecule has 1 fully saturated rings. The molecule has 0 saturated heterocycles. The van der Waals surface area contributed by atoms with Gasteiger partial charge in [-0.25, -0.2) is 5.43 Å². The van der Waals surface area contributed by atoms with Crippen molar-refractivity contribution >= 4 is 34.1 Å². The summed E-state index contributed by atoms with van der Waals surface area (Å²) < 4.78 is 0.789. The first-order valence-corrected chi connectivity index (χ1v) is 10.4. The molecule has 0 spiro atoms. The smallest absolute Gasteiger partial charge is 0.244 e. The van der Waals surface area contributed by atoms with Crippen molar-refractivity contribution in [2.45, 2.75) is 11.8 Å². The Morgan fingerprint density at radius 3 is 1.97 bits per heavy atom. The Hall–Kier alpha value is -2.98. The molecule has 4 rings (SSSR count). The third-order valence-corrected chi connectivity index (χ3v) is 5.76. The number of allylic oxidation sites excluding steroid dienone is 1. The van der Waals surface area contributed by atoms with Crippen LogP contribution in [0.2, 0.25) is 0 Å². The molecule has 0 radical (unpaired) electrons. The van der Waals surface area contributed by atoms with Crippen LogP contribution in [0, 0.1) is 5.92 Å². The van der Waals surface area contributed by atoms with Gasteiger partial charge in [0.1, 0.15) is 0 Å². The summed E-state index contributed by atoms with van der Waals surface area (Å²) >= 11 is 3.47. The van der Waals surface area contributed by atoms with E-state index in [1.54, 1.807) is 6.21 Å². The third kappa shape index (κ3) is 4.22. The summed E-state index contributed by atoms with van der Waals surface area (Å²) in [5.41, 5.74) is 5.83. The second-order valence-electron chi connectivity index (χ2n) is 7.13. The minimum absolute atomic E-state index is 0.0611. The van der Waals surface area contributed by atoms with Crippen LogP contribution in [0.3, 0.4) is 0 Å². The lowest BCUT2D eigenvalue weighted by Crippen LogP contribution is -2.25. The normalized spacial score (nSPS) is 17.8. The molecule has 1 aliphatic carbocycles. The monoisotopic (exact) mass is 444 g/mol. The van der Waals surface area contributed by atoms with Gasteiger partial charge in [-0.2, -0.15) is 5.10 Å². The van der Waals surface area contributed by atoms with E-state index in [1.807, 2.05) is 72.8 Å². The average Bonchev–Trinajstić information content (AvgIpc) is 3.53. The summed E-state index contributed by atoms with van der Waals surface area (Å²) in [6.45, 7) is 0. The number of hydrogen-bond donors (Lipinski definition) is 1. The Morgan fingerprint density at radius 2 is 1.41 bits per heavy atom. The fourth-order valence-corrected chi connectivity index (χ4v) is 4.20. The van der Waals surface area contributed by atoms with Gasteiger partial charge in [-0.05, 0) is 45.1 Å². The Morgan fingerprint density at radius 1 is 0.897 bits per heavy atom. The molecule has 0 bridgehead atoms. The van der Waals surface area contributed by atoms with Gasteiger partial charge in [-0.15, -0.1) is 0 Å². The summed E-state index contributed by atoms with van der Waals surface area (Å²) in [5, 5.41) is 4.14. The van der Waals surface area contributed by atoms with Crippen molar-refractivity contribution in [1.82, 2.24) is 5.43 Å². The van der Waals surface area contributed by atoms with E-state index in [0.717, 1.165) is 16.5 Å². The zero-order valence-corrected chi connectivity index (χ0v) is 17.4. The van der Waals surface area contributed by atoms with Gasteiger partial charge in [0.2, 0.25) is 5.91 Å². The second kappa shape index (κ2) is 8.58. The maximum absolute atomic E-state index is 12.8. The van der Waals surface area contributed by atoms with E-state index in [4.69, 9.17) is 0 Å². The van der Waals surface area contributed by atoms with Crippen molar-refractivity contribution in [2.75, 3.05) is 0 Å². The van der Waals surface area contributed by atoms with E-state index in [2.05, 4.69) is 50.7 Å². The number of nitrogens with one attached hydrogen (secondary N) is 1. The van der Waals surface area contributed by atoms with Crippen LogP contribution in [0.1, 0.15) is 23.1 Å². The van der Waals surface area contributed by atoms with Gasteiger partial charge in [-0.3, -0.25) is 4.79 Å². The first-order valence-electron chi connectivity index (χ1n) is 9.56. The number of carbonyl (C=O) groups is 1. The van der Waals surface area contributed by atoms with Gasteiger partial charge in [-0.1, -0.05) is 91.0 Å². The maximum atomic E-state index is 12.8. The lowest BCUT2D eigenvalue weighted by molar-refractivity contribution is -0.122. The minimum atomic E-state index is -0.279. The molecule has 0 heterocycles. The predicted molar refractivity (Wildman–Crippen MR) is 122 cm³/mol. The van der Waals surface area contributed by atoms with Crippen molar-refractivity contribution in [3.05, 3.63) is 112 Å². The van der Waals surface area contributed by atoms with Crippen LogP contribution < -0.4 is 5.43 Å². The van der Waals surface area contributed by atoms with Crippen molar-refractivity contribution in [3.8, 4) is 0 Å². The predicted octanol–water partition coefficient (Wildman–Crippen LogP) is 5.53. The van der Waals surface area contributed by atoms with E-state index < -0.39 is 0 Å². The van der Waals surface area contributed by atoms with Gasteiger partial charge in [0.05, 0.1) is 12.1 Å². The fourth-order valence-electron chi connectivity index (χ4n) is 3.84. The molecule has 29 heavy (non-hydrogen) atoms. The van der Waals surface area contributed by atoms with Crippen molar-refractivity contribution < 1.29 is 4.79 Å². The van der Waals surface area contributed by atoms with Gasteiger partial charge in [0, 0.05) is 9.90 Å². The summed E-state index contributed by atoms with van der Waals surface area (Å²) in [7, 11) is 0. The number of benzene rings is 3. The summed E-state index contributed by atoms with van der Waals surface area (Å²) in [4.78, 5) is 12.8. The van der Waals surface area contributed by atoms with Crippen LogP contribution in [0.25, 0.3) is 6.08 Å². The van der Waals surface area contributed by atoms with E-state index in [1.165, 1.54) is 11.1 Å². The molecule has 144 valence electrons. The summed E-state index contributed by atoms with van der Waals surface area (Å²) in [6, 6.07) is 30.4. The minimum Gasteiger partial charge on any atom is -0.273 e. The highest BCUT2D eigenvalue weighted by Gasteiger charge is 2.60. The molecular formula is C25H21BrN2O. The molecule has 1 atom stereocenters. The van der Waals surface area contributed by atoms with E-state index in [-0.39, 0.29) is 17.2 Å². The Kier molecular flexibility index (Phi) is 5.72. The first kappa shape index (κ1) is 19.3. The highest BCUT2D eigenvalue weighted by Crippen LogP contribution is 2.58. The molecule has 0 aliphatic heterocycles. The second-order valence-corrected chi connectivity index (χ2v) is 8.05. The lowest BCUT2D eigenvalue weighted by Gasteiger charge is -2.18. The molecule has 1 N–H and O–H groups in total. The molecule has 3 aromatic carbocycles. The zero-order valence-electron chi connectivity index (χ0n) is 15.8. The molecule has 4 heteroatoms.